The van der Waals surface area contributed by atoms with Gasteiger partial charge in [-0.25, -0.2) is 8.78 Å². The van der Waals surface area contributed by atoms with Crippen LogP contribution in [0.15, 0.2) is 18.2 Å². The maximum Gasteiger partial charge on any atom is 0.149 e. The van der Waals surface area contributed by atoms with Crippen LogP contribution < -0.4 is 5.32 Å². The first kappa shape index (κ1) is 10.9. The van der Waals surface area contributed by atoms with E-state index in [0.717, 1.165) is 0 Å². The van der Waals surface area contributed by atoms with Gasteiger partial charge in [-0.3, -0.25) is 0 Å². The molecule has 1 unspecified atom stereocenters. The Kier molecular flexibility index (Phi) is 3.83. The number of nitrogens with one attached hydrogen (secondary N) is 1. The van der Waals surface area contributed by atoms with E-state index in [2.05, 4.69) is 5.32 Å². The van der Waals surface area contributed by atoms with E-state index in [9.17, 15) is 8.78 Å². The third-order valence-electron chi connectivity index (χ3n) is 1.93. The van der Waals surface area contributed by atoms with Gasteiger partial charge in [0.1, 0.15) is 17.3 Å². The van der Waals surface area contributed by atoms with Gasteiger partial charge in [0.05, 0.1) is 6.10 Å². The van der Waals surface area contributed by atoms with Crippen molar-refractivity contribution in [3.05, 3.63) is 29.8 Å². The monoisotopic (exact) mass is 201 g/mol. The second kappa shape index (κ2) is 4.91. The molecular formula is C10H13F2NO. The van der Waals surface area contributed by atoms with Gasteiger partial charge in [0, 0.05) is 13.7 Å². The first-order valence-corrected chi connectivity index (χ1v) is 4.36. The van der Waals surface area contributed by atoms with Gasteiger partial charge in [-0.15, -0.1) is 0 Å². The summed E-state index contributed by atoms with van der Waals surface area (Å²) in [6, 6.07) is 3.75. The van der Waals surface area contributed by atoms with Gasteiger partial charge >= 0.3 is 0 Å². The molecular weight excluding hydrogens is 188 g/mol. The third kappa shape index (κ3) is 2.67. The summed E-state index contributed by atoms with van der Waals surface area (Å²) in [6.07, 6.45) is -0.0889. The molecule has 1 aromatic rings. The predicted molar refractivity (Wildman–Crippen MR) is 51.3 cm³/mol. The summed E-state index contributed by atoms with van der Waals surface area (Å²) >= 11 is 0. The van der Waals surface area contributed by atoms with Gasteiger partial charge in [-0.1, -0.05) is 6.07 Å². The number of hydrogen-bond acceptors (Lipinski definition) is 2. The molecule has 0 spiro atoms. The minimum atomic E-state index is -0.590. The van der Waals surface area contributed by atoms with Crippen molar-refractivity contribution in [2.75, 3.05) is 19.0 Å². The summed E-state index contributed by atoms with van der Waals surface area (Å²) in [6.45, 7) is 2.18. The molecule has 0 saturated carbocycles. The highest BCUT2D eigenvalue weighted by atomic mass is 19.1. The summed E-state index contributed by atoms with van der Waals surface area (Å²) < 4.78 is 31.1. The lowest BCUT2D eigenvalue weighted by Crippen LogP contribution is -2.19. The number of ether oxygens (including phenoxy) is 1. The number of benzene rings is 1. The van der Waals surface area contributed by atoms with Crippen LogP contribution in [-0.2, 0) is 4.74 Å². The van der Waals surface area contributed by atoms with E-state index in [1.165, 1.54) is 18.2 Å². The van der Waals surface area contributed by atoms with E-state index in [0.29, 0.717) is 6.54 Å². The highest BCUT2D eigenvalue weighted by Gasteiger charge is 2.08. The predicted octanol–water partition coefficient (Wildman–Crippen LogP) is 2.41. The van der Waals surface area contributed by atoms with E-state index in [1.807, 2.05) is 6.92 Å². The molecule has 0 radical (unpaired) electrons. The fraction of sp³-hybridized carbons (Fsp3) is 0.400. The molecule has 0 aliphatic rings. The number of hydrogen-bond donors (Lipinski definition) is 1. The molecule has 2 nitrogen and oxygen atoms in total. The lowest BCUT2D eigenvalue weighted by Gasteiger charge is -2.12. The summed E-state index contributed by atoms with van der Waals surface area (Å²) in [4.78, 5) is 0. The number of halogens is 2. The van der Waals surface area contributed by atoms with Crippen LogP contribution in [0, 0.1) is 11.6 Å². The third-order valence-corrected chi connectivity index (χ3v) is 1.93. The van der Waals surface area contributed by atoms with Crippen molar-refractivity contribution in [3.63, 3.8) is 0 Å². The molecule has 1 rings (SSSR count). The van der Waals surface area contributed by atoms with Crippen molar-refractivity contribution in [2.45, 2.75) is 13.0 Å². The van der Waals surface area contributed by atoms with Crippen molar-refractivity contribution in [1.29, 1.82) is 0 Å². The van der Waals surface area contributed by atoms with Gasteiger partial charge in [0.15, 0.2) is 0 Å². The molecule has 0 amide bonds. The average molecular weight is 201 g/mol. The highest BCUT2D eigenvalue weighted by molar-refractivity contribution is 5.46. The Balaban J connectivity index is 2.66. The van der Waals surface area contributed by atoms with Crippen LogP contribution in [0.25, 0.3) is 0 Å². The minimum Gasteiger partial charge on any atom is -0.380 e. The van der Waals surface area contributed by atoms with Crippen LogP contribution in [-0.4, -0.2) is 19.8 Å². The quantitative estimate of drug-likeness (QED) is 0.807. The molecule has 0 saturated heterocycles. The molecule has 0 fully saturated rings. The van der Waals surface area contributed by atoms with Crippen LogP contribution >= 0.6 is 0 Å². The van der Waals surface area contributed by atoms with Crippen molar-refractivity contribution in [3.8, 4) is 0 Å². The fourth-order valence-corrected chi connectivity index (χ4v) is 0.996. The molecule has 0 bridgehead atoms. The molecule has 1 aromatic carbocycles. The molecule has 4 heteroatoms. The zero-order valence-corrected chi connectivity index (χ0v) is 8.18. The van der Waals surface area contributed by atoms with Crippen molar-refractivity contribution >= 4 is 5.69 Å². The lowest BCUT2D eigenvalue weighted by molar-refractivity contribution is 0.128. The molecule has 1 N–H and O–H groups in total. The average Bonchev–Trinajstić information content (AvgIpc) is 2.16. The van der Waals surface area contributed by atoms with E-state index in [4.69, 9.17) is 4.74 Å². The van der Waals surface area contributed by atoms with Crippen LogP contribution in [0.3, 0.4) is 0 Å². The van der Waals surface area contributed by atoms with Crippen LogP contribution in [0.5, 0.6) is 0 Å². The summed E-state index contributed by atoms with van der Waals surface area (Å²) in [5.74, 6) is -1.18. The van der Waals surface area contributed by atoms with Gasteiger partial charge in [0.2, 0.25) is 0 Å². The molecule has 1 atom stereocenters. The van der Waals surface area contributed by atoms with E-state index in [1.54, 1.807) is 7.11 Å². The Morgan fingerprint density at radius 2 is 1.93 bits per heavy atom. The maximum absolute atomic E-state index is 13.1. The standard InChI is InChI=1S/C10H13F2NO/c1-7(14-2)6-13-10-8(11)4-3-5-9(10)12/h3-5,7,13H,6H2,1-2H3. The van der Waals surface area contributed by atoms with Crippen LogP contribution in [0.1, 0.15) is 6.92 Å². The maximum atomic E-state index is 13.1. The largest absolute Gasteiger partial charge is 0.380 e. The van der Waals surface area contributed by atoms with E-state index in [-0.39, 0.29) is 11.8 Å². The molecule has 0 aliphatic heterocycles. The smallest absolute Gasteiger partial charge is 0.149 e. The highest BCUT2D eigenvalue weighted by Crippen LogP contribution is 2.17. The number of methoxy groups -OCH3 is 1. The van der Waals surface area contributed by atoms with Gasteiger partial charge in [0.25, 0.3) is 0 Å². The number of rotatable bonds is 4. The first-order valence-electron chi connectivity index (χ1n) is 4.36. The van der Waals surface area contributed by atoms with Crippen LogP contribution in [0.4, 0.5) is 14.5 Å². The second-order valence-electron chi connectivity index (χ2n) is 3.02. The van der Waals surface area contributed by atoms with Gasteiger partial charge < -0.3 is 10.1 Å². The molecule has 0 aliphatic carbocycles. The fourth-order valence-electron chi connectivity index (χ4n) is 0.996. The van der Waals surface area contributed by atoms with Gasteiger partial charge in [-0.2, -0.15) is 0 Å². The van der Waals surface area contributed by atoms with Crippen molar-refractivity contribution in [2.24, 2.45) is 0 Å². The topological polar surface area (TPSA) is 21.3 Å². The summed E-state index contributed by atoms with van der Waals surface area (Å²) in [7, 11) is 1.55. The summed E-state index contributed by atoms with van der Waals surface area (Å²) in [5.41, 5.74) is -0.101. The van der Waals surface area contributed by atoms with E-state index < -0.39 is 11.6 Å². The number of para-hydroxylation sites is 1. The molecule has 14 heavy (non-hydrogen) atoms. The Hall–Kier alpha value is -1.16. The van der Waals surface area contributed by atoms with E-state index >= 15 is 0 Å². The SMILES string of the molecule is COC(C)CNc1c(F)cccc1F. The lowest BCUT2D eigenvalue weighted by atomic mass is 10.3. The minimum absolute atomic E-state index is 0.0889. The van der Waals surface area contributed by atoms with Crippen molar-refractivity contribution < 1.29 is 13.5 Å². The zero-order chi connectivity index (χ0) is 10.6. The van der Waals surface area contributed by atoms with Crippen LogP contribution in [0.2, 0.25) is 0 Å². The Bertz CT molecular complexity index is 284. The van der Waals surface area contributed by atoms with Gasteiger partial charge in [-0.05, 0) is 19.1 Å². The zero-order valence-electron chi connectivity index (χ0n) is 8.18. The number of anilines is 1. The summed E-state index contributed by atoms with van der Waals surface area (Å²) in [5, 5.41) is 2.66. The molecule has 0 aromatic heterocycles. The Labute approximate surface area is 81.9 Å². The normalized spacial score (nSPS) is 12.6. The Morgan fingerprint density at radius 3 is 2.43 bits per heavy atom. The molecule has 0 heterocycles. The Morgan fingerprint density at radius 1 is 1.36 bits per heavy atom. The first-order chi connectivity index (χ1) is 6.65. The second-order valence-corrected chi connectivity index (χ2v) is 3.02. The molecule has 78 valence electrons. The van der Waals surface area contributed by atoms with Crippen molar-refractivity contribution in [1.82, 2.24) is 0 Å².